The van der Waals surface area contributed by atoms with Crippen molar-refractivity contribution in [1.29, 1.82) is 0 Å². The molecule has 3 aromatic rings. The summed E-state index contributed by atoms with van der Waals surface area (Å²) in [5.74, 6) is 2.31. The highest BCUT2D eigenvalue weighted by molar-refractivity contribution is 9.11. The van der Waals surface area contributed by atoms with Crippen LogP contribution in [-0.2, 0) is 4.79 Å². The molecule has 11 heteroatoms. The standard InChI is InChI=1S/C22H20Br2N6O2S/c23-14-7-13(8-15(24)9-14)20-21(25-11-19(31)29-3-5-33-6-4-29)28-22(32)30(20)16-1-2-17-18(10-16)27-12-26-17/h1-2,7-10,12,20H,3-6,11H2,(H,26,27)(H,25,28,32). The number of hydrogen-bond acceptors (Lipinski definition) is 5. The van der Waals surface area contributed by atoms with Crippen molar-refractivity contribution in [2.24, 2.45) is 4.99 Å². The molecule has 3 amide bonds. The van der Waals surface area contributed by atoms with Gasteiger partial charge in [-0.2, -0.15) is 11.8 Å². The highest BCUT2D eigenvalue weighted by Gasteiger charge is 2.39. The topological polar surface area (TPSA) is 93.7 Å². The van der Waals surface area contributed by atoms with Gasteiger partial charge in [0.2, 0.25) is 5.91 Å². The molecule has 0 saturated carbocycles. The third-order valence-corrected chi connectivity index (χ3v) is 7.46. The van der Waals surface area contributed by atoms with Crippen LogP contribution in [0.25, 0.3) is 11.0 Å². The van der Waals surface area contributed by atoms with Crippen molar-refractivity contribution in [3.8, 4) is 0 Å². The van der Waals surface area contributed by atoms with Crippen molar-refractivity contribution in [3.63, 3.8) is 0 Å². The summed E-state index contributed by atoms with van der Waals surface area (Å²) in [6.07, 6.45) is 1.62. The third kappa shape index (κ3) is 4.67. The Kier molecular flexibility index (Phi) is 6.44. The van der Waals surface area contributed by atoms with Gasteiger partial charge in [-0.3, -0.25) is 20.0 Å². The zero-order valence-corrected chi connectivity index (χ0v) is 21.4. The minimum Gasteiger partial charge on any atom is -0.345 e. The molecule has 1 atom stereocenters. The number of halogens is 2. The maximum absolute atomic E-state index is 13.1. The Morgan fingerprint density at radius 1 is 1.15 bits per heavy atom. The number of H-pyrrole nitrogens is 1. The average molecular weight is 592 g/mol. The molecule has 3 heterocycles. The van der Waals surface area contributed by atoms with Crippen LogP contribution in [0, 0.1) is 0 Å². The van der Waals surface area contributed by atoms with Crippen molar-refractivity contribution >= 4 is 78.1 Å². The van der Waals surface area contributed by atoms with E-state index in [0.717, 1.165) is 50.1 Å². The van der Waals surface area contributed by atoms with Gasteiger partial charge in [-0.05, 0) is 42.0 Å². The van der Waals surface area contributed by atoms with Crippen LogP contribution in [0.1, 0.15) is 11.6 Å². The number of aliphatic imine (C=N–C) groups is 1. The molecule has 2 N–H and O–H groups in total. The predicted molar refractivity (Wildman–Crippen MR) is 138 cm³/mol. The Hall–Kier alpha value is -2.37. The largest absolute Gasteiger partial charge is 0.345 e. The van der Waals surface area contributed by atoms with Crippen LogP contribution in [0.2, 0.25) is 0 Å². The van der Waals surface area contributed by atoms with Crippen LogP contribution in [0.3, 0.4) is 0 Å². The summed E-state index contributed by atoms with van der Waals surface area (Å²) in [5.41, 5.74) is 3.21. The lowest BCUT2D eigenvalue weighted by Gasteiger charge is -2.26. The molecule has 0 spiro atoms. The molecule has 0 bridgehead atoms. The van der Waals surface area contributed by atoms with Crippen LogP contribution in [0.4, 0.5) is 10.5 Å². The molecule has 1 unspecified atom stereocenters. The number of thioether (sulfide) groups is 1. The van der Waals surface area contributed by atoms with E-state index in [1.807, 2.05) is 53.1 Å². The summed E-state index contributed by atoms with van der Waals surface area (Å²) < 4.78 is 1.74. The fourth-order valence-electron chi connectivity index (χ4n) is 4.05. The first kappa shape index (κ1) is 22.4. The molecule has 0 aliphatic carbocycles. The van der Waals surface area contributed by atoms with E-state index >= 15 is 0 Å². The summed E-state index contributed by atoms with van der Waals surface area (Å²) in [5, 5.41) is 2.90. The van der Waals surface area contributed by atoms with E-state index < -0.39 is 6.04 Å². The number of nitrogens with zero attached hydrogens (tertiary/aromatic N) is 4. The lowest BCUT2D eigenvalue weighted by Crippen LogP contribution is -2.39. The summed E-state index contributed by atoms with van der Waals surface area (Å²) in [6.45, 7) is 1.47. The number of rotatable bonds is 4. The summed E-state index contributed by atoms with van der Waals surface area (Å²) in [7, 11) is 0. The second-order valence-corrected chi connectivity index (χ2v) is 10.8. The zero-order chi connectivity index (χ0) is 22.9. The maximum atomic E-state index is 13.1. The van der Waals surface area contributed by atoms with Gasteiger partial charge in [0.05, 0.1) is 17.4 Å². The number of nitrogens with one attached hydrogen (secondary N) is 2. The fraction of sp³-hybridized carbons (Fsp3) is 0.273. The Labute approximate surface area is 211 Å². The Bertz CT molecular complexity index is 1240. The number of carbonyl (C=O) groups is 2. The number of hydrogen-bond donors (Lipinski definition) is 2. The molecule has 8 nitrogen and oxygen atoms in total. The molecule has 170 valence electrons. The summed E-state index contributed by atoms with van der Waals surface area (Å²) in [6, 6.07) is 10.7. The number of urea groups is 1. The first-order valence-electron chi connectivity index (χ1n) is 10.4. The number of imidazole rings is 1. The van der Waals surface area contributed by atoms with Crippen LogP contribution < -0.4 is 10.2 Å². The highest BCUT2D eigenvalue weighted by atomic mass is 79.9. The number of aromatic amines is 1. The smallest absolute Gasteiger partial charge is 0.328 e. The molecule has 33 heavy (non-hydrogen) atoms. The van der Waals surface area contributed by atoms with Gasteiger partial charge in [-0.1, -0.05) is 31.9 Å². The fourth-order valence-corrected chi connectivity index (χ4v) is 6.28. The molecule has 2 aromatic carbocycles. The van der Waals surface area contributed by atoms with E-state index in [1.165, 1.54) is 0 Å². The molecular formula is C22H20Br2N6O2S. The molecule has 2 aliphatic heterocycles. The minimum absolute atomic E-state index is 0.000619. The molecule has 0 radical (unpaired) electrons. The van der Waals surface area contributed by atoms with E-state index in [-0.39, 0.29) is 18.5 Å². The van der Waals surface area contributed by atoms with Crippen molar-refractivity contribution < 1.29 is 9.59 Å². The predicted octanol–water partition coefficient (Wildman–Crippen LogP) is 4.33. The number of amides is 3. The number of amidine groups is 1. The van der Waals surface area contributed by atoms with Crippen LogP contribution in [0.15, 0.2) is 56.7 Å². The van der Waals surface area contributed by atoms with E-state index in [4.69, 9.17) is 0 Å². The zero-order valence-electron chi connectivity index (χ0n) is 17.4. The lowest BCUT2D eigenvalue weighted by atomic mass is 10.0. The third-order valence-electron chi connectivity index (χ3n) is 5.60. The quantitative estimate of drug-likeness (QED) is 0.472. The summed E-state index contributed by atoms with van der Waals surface area (Å²) >= 11 is 8.94. The van der Waals surface area contributed by atoms with Gasteiger partial charge in [-0.25, -0.2) is 9.78 Å². The maximum Gasteiger partial charge on any atom is 0.328 e. The van der Waals surface area contributed by atoms with Crippen molar-refractivity contribution in [1.82, 2.24) is 20.2 Å². The van der Waals surface area contributed by atoms with Crippen molar-refractivity contribution in [2.75, 3.05) is 36.0 Å². The molecular weight excluding hydrogens is 572 g/mol. The molecule has 2 fully saturated rings. The average Bonchev–Trinajstić information content (AvgIpc) is 3.40. The van der Waals surface area contributed by atoms with Gasteiger partial charge in [0.15, 0.2) is 0 Å². The lowest BCUT2D eigenvalue weighted by molar-refractivity contribution is -0.129. The van der Waals surface area contributed by atoms with Gasteiger partial charge in [0.1, 0.15) is 18.4 Å². The number of carbonyl (C=O) groups excluding carboxylic acids is 2. The van der Waals surface area contributed by atoms with Gasteiger partial charge in [0.25, 0.3) is 0 Å². The van der Waals surface area contributed by atoms with Crippen LogP contribution in [-0.4, -0.2) is 63.8 Å². The first-order valence-corrected chi connectivity index (χ1v) is 13.1. The number of fused-ring (bicyclic) bond motifs is 1. The second kappa shape index (κ2) is 9.47. The normalized spacial score (nSPS) is 20.0. The molecule has 2 saturated heterocycles. The number of anilines is 1. The van der Waals surface area contributed by atoms with Crippen LogP contribution >= 0.6 is 43.6 Å². The highest BCUT2D eigenvalue weighted by Crippen LogP contribution is 2.35. The van der Waals surface area contributed by atoms with Crippen molar-refractivity contribution in [3.05, 3.63) is 57.2 Å². The molecule has 2 aliphatic rings. The number of benzene rings is 2. The van der Waals surface area contributed by atoms with E-state index in [9.17, 15) is 9.59 Å². The monoisotopic (exact) mass is 590 g/mol. The minimum atomic E-state index is -0.503. The first-order chi connectivity index (χ1) is 16.0. The Morgan fingerprint density at radius 3 is 2.67 bits per heavy atom. The van der Waals surface area contributed by atoms with E-state index in [2.05, 4.69) is 52.1 Å². The summed E-state index contributed by atoms with van der Waals surface area (Å²) in [4.78, 5) is 41.3. The second-order valence-electron chi connectivity index (χ2n) is 7.70. The number of aromatic nitrogens is 2. The molecule has 5 rings (SSSR count). The van der Waals surface area contributed by atoms with Crippen molar-refractivity contribution in [2.45, 2.75) is 6.04 Å². The van der Waals surface area contributed by atoms with Gasteiger partial charge in [-0.15, -0.1) is 0 Å². The van der Waals surface area contributed by atoms with Crippen LogP contribution in [0.5, 0.6) is 0 Å². The van der Waals surface area contributed by atoms with E-state index in [0.29, 0.717) is 11.5 Å². The Morgan fingerprint density at radius 2 is 1.91 bits per heavy atom. The van der Waals surface area contributed by atoms with Gasteiger partial charge in [0, 0.05) is 39.2 Å². The van der Waals surface area contributed by atoms with Gasteiger partial charge >= 0.3 is 6.03 Å². The Balaban J connectivity index is 1.52. The molecule has 1 aromatic heterocycles. The van der Waals surface area contributed by atoms with E-state index in [1.54, 1.807) is 11.2 Å². The van der Waals surface area contributed by atoms with Gasteiger partial charge < -0.3 is 9.88 Å². The SMILES string of the molecule is O=C(CN=C1NC(=O)N(c2ccc3nc[nH]c3c2)C1c1cc(Br)cc(Br)c1)N1CCSCC1.